The SMILES string of the molecule is O=C(NCCO)C(F)(OC(F)(F)C(F)(F)C(F)(F)C(F)(F)C(F)(F)F)C(F)(F)F. The molecule has 1 amide bonds. The molecule has 0 heterocycles. The minimum atomic E-state index is -8.18. The molecule has 0 aliphatic rings. The number of hydrogen-bond acceptors (Lipinski definition) is 3. The van der Waals surface area contributed by atoms with Gasteiger partial charge in [0, 0.05) is 6.54 Å². The fourth-order valence-corrected chi connectivity index (χ4v) is 1.31. The van der Waals surface area contributed by atoms with Gasteiger partial charge in [-0.3, -0.25) is 9.53 Å². The summed E-state index contributed by atoms with van der Waals surface area (Å²) < 4.78 is 192. The van der Waals surface area contributed by atoms with Crippen LogP contribution in [0, 0.1) is 0 Å². The van der Waals surface area contributed by atoms with E-state index in [-0.39, 0.29) is 0 Å². The molecule has 174 valence electrons. The smallest absolute Gasteiger partial charge is 0.395 e. The summed E-state index contributed by atoms with van der Waals surface area (Å²) in [5, 5.41) is 8.85. The summed E-state index contributed by atoms with van der Waals surface area (Å²) in [6, 6.07) is 0. The molecule has 0 aromatic heterocycles. The lowest BCUT2D eigenvalue weighted by atomic mass is 10.0. The van der Waals surface area contributed by atoms with E-state index in [1.54, 1.807) is 4.74 Å². The number of hydrogen-bond donors (Lipinski definition) is 2. The number of nitrogens with one attached hydrogen (secondary N) is 1. The van der Waals surface area contributed by atoms with Gasteiger partial charge in [0.2, 0.25) is 0 Å². The van der Waals surface area contributed by atoms with Crippen molar-refractivity contribution in [1.82, 2.24) is 5.32 Å². The summed E-state index contributed by atoms with van der Waals surface area (Å²) in [4.78, 5) is 10.9. The van der Waals surface area contributed by atoms with Gasteiger partial charge in [-0.2, -0.15) is 65.9 Å². The monoisotopic (exact) mass is 473 g/mol. The number of ether oxygens (including phenoxy) is 1. The molecule has 0 aliphatic carbocycles. The third-order valence-electron chi connectivity index (χ3n) is 2.83. The van der Waals surface area contributed by atoms with Gasteiger partial charge in [0.15, 0.2) is 0 Å². The van der Waals surface area contributed by atoms with Crippen LogP contribution in [0.3, 0.4) is 0 Å². The summed E-state index contributed by atoms with van der Waals surface area (Å²) in [5.41, 5.74) is 0. The molecule has 0 fully saturated rings. The molecule has 19 heteroatoms. The Balaban J connectivity index is 6.34. The van der Waals surface area contributed by atoms with Crippen molar-refractivity contribution in [2.24, 2.45) is 0 Å². The fraction of sp³-hybridized carbons (Fsp3) is 0.900. The van der Waals surface area contributed by atoms with Gasteiger partial charge in [0.25, 0.3) is 5.91 Å². The molecule has 2 N–H and O–H groups in total. The van der Waals surface area contributed by atoms with E-state index in [9.17, 15) is 70.7 Å². The molecule has 4 nitrogen and oxygen atoms in total. The number of aliphatic hydroxyl groups excluding tert-OH is 1. The van der Waals surface area contributed by atoms with E-state index in [2.05, 4.69) is 0 Å². The maximum atomic E-state index is 13.7. The molecule has 0 saturated carbocycles. The standard InChI is InChI=1S/C10H6F15NO3/c11-4(8(18,19)20,3(28)26-1-2-27)29-10(24,25)7(16,17)5(12,13)6(14,15)9(21,22)23/h27H,1-2H2,(H,26,28). The molecular formula is C10H6F15NO3. The minimum absolute atomic E-state index is 0.644. The maximum Gasteiger partial charge on any atom is 0.460 e. The first-order valence-corrected chi connectivity index (χ1v) is 6.37. The highest BCUT2D eigenvalue weighted by atomic mass is 19.4. The van der Waals surface area contributed by atoms with E-state index in [4.69, 9.17) is 5.11 Å². The Morgan fingerprint density at radius 3 is 1.41 bits per heavy atom. The largest absolute Gasteiger partial charge is 0.460 e. The zero-order valence-corrected chi connectivity index (χ0v) is 12.8. The molecule has 0 bridgehead atoms. The van der Waals surface area contributed by atoms with Gasteiger partial charge in [-0.1, -0.05) is 0 Å². The Hall–Kier alpha value is -1.66. The summed E-state index contributed by atoms with van der Waals surface area (Å²) in [6.07, 6.45) is -22.4. The number of carbonyl (C=O) groups excluding carboxylic acids is 1. The van der Waals surface area contributed by atoms with Crippen molar-refractivity contribution in [3.8, 4) is 0 Å². The Labute approximate surface area is 148 Å². The lowest BCUT2D eigenvalue weighted by molar-refractivity contribution is -0.487. The van der Waals surface area contributed by atoms with Crippen LogP contribution in [0.4, 0.5) is 65.9 Å². The molecule has 0 aliphatic heterocycles. The molecule has 1 atom stereocenters. The lowest BCUT2D eigenvalue weighted by Gasteiger charge is -2.38. The molecule has 0 radical (unpaired) electrons. The average molecular weight is 473 g/mol. The van der Waals surface area contributed by atoms with Gasteiger partial charge in [-0.25, -0.2) is 0 Å². The summed E-state index contributed by atoms with van der Waals surface area (Å²) in [7, 11) is 0. The van der Waals surface area contributed by atoms with Gasteiger partial charge in [-0.05, 0) is 0 Å². The number of halogens is 15. The van der Waals surface area contributed by atoms with Crippen molar-refractivity contribution in [3.05, 3.63) is 0 Å². The molecule has 0 aromatic rings. The van der Waals surface area contributed by atoms with Crippen LogP contribution >= 0.6 is 0 Å². The Kier molecular flexibility index (Phi) is 7.11. The van der Waals surface area contributed by atoms with E-state index in [0.717, 1.165) is 0 Å². The van der Waals surface area contributed by atoms with Crippen LogP contribution in [0.2, 0.25) is 0 Å². The molecule has 0 aromatic carbocycles. The van der Waals surface area contributed by atoms with Crippen molar-refractivity contribution < 1.29 is 80.5 Å². The predicted molar refractivity (Wildman–Crippen MR) is 56.9 cm³/mol. The Morgan fingerprint density at radius 1 is 0.690 bits per heavy atom. The topological polar surface area (TPSA) is 58.6 Å². The van der Waals surface area contributed by atoms with Gasteiger partial charge < -0.3 is 10.4 Å². The number of aliphatic hydroxyl groups is 1. The number of rotatable bonds is 8. The average Bonchev–Trinajstić information content (AvgIpc) is 2.49. The molecule has 0 spiro atoms. The van der Waals surface area contributed by atoms with E-state index in [1.165, 1.54) is 0 Å². The van der Waals surface area contributed by atoms with Crippen LogP contribution < -0.4 is 5.32 Å². The lowest BCUT2D eigenvalue weighted by Crippen LogP contribution is -2.69. The highest BCUT2D eigenvalue weighted by Gasteiger charge is 2.89. The van der Waals surface area contributed by atoms with E-state index in [1.807, 2.05) is 0 Å². The summed E-state index contributed by atoms with van der Waals surface area (Å²) in [5.74, 6) is -34.4. The second kappa shape index (κ2) is 7.55. The van der Waals surface area contributed by atoms with Gasteiger partial charge >= 0.3 is 42.1 Å². The van der Waals surface area contributed by atoms with Crippen LogP contribution in [0.15, 0.2) is 0 Å². The quantitative estimate of drug-likeness (QED) is 0.532. The zero-order valence-electron chi connectivity index (χ0n) is 12.8. The maximum absolute atomic E-state index is 13.7. The van der Waals surface area contributed by atoms with E-state index < -0.39 is 61.1 Å². The van der Waals surface area contributed by atoms with Gasteiger partial charge in [0.1, 0.15) is 0 Å². The van der Waals surface area contributed by atoms with Crippen molar-refractivity contribution in [2.45, 2.75) is 42.1 Å². The van der Waals surface area contributed by atoms with E-state index >= 15 is 0 Å². The highest BCUT2D eigenvalue weighted by molar-refractivity contribution is 5.84. The van der Waals surface area contributed by atoms with Crippen LogP contribution in [0.25, 0.3) is 0 Å². The Morgan fingerprint density at radius 2 is 1.10 bits per heavy atom. The number of amides is 1. The van der Waals surface area contributed by atoms with Crippen molar-refractivity contribution >= 4 is 5.91 Å². The van der Waals surface area contributed by atoms with Gasteiger partial charge in [-0.15, -0.1) is 0 Å². The fourth-order valence-electron chi connectivity index (χ4n) is 1.31. The molecule has 1 unspecified atom stereocenters. The third-order valence-corrected chi connectivity index (χ3v) is 2.83. The van der Waals surface area contributed by atoms with Crippen molar-refractivity contribution in [2.75, 3.05) is 13.2 Å². The van der Waals surface area contributed by atoms with Gasteiger partial charge in [0.05, 0.1) is 6.61 Å². The minimum Gasteiger partial charge on any atom is -0.395 e. The third kappa shape index (κ3) is 4.43. The Bertz CT molecular complexity index is 598. The van der Waals surface area contributed by atoms with Crippen molar-refractivity contribution in [1.29, 1.82) is 0 Å². The molecule has 0 rings (SSSR count). The molecule has 29 heavy (non-hydrogen) atoms. The van der Waals surface area contributed by atoms with Crippen LogP contribution in [-0.4, -0.2) is 66.2 Å². The molecular weight excluding hydrogens is 467 g/mol. The summed E-state index contributed by atoms with van der Waals surface area (Å²) >= 11 is 0. The molecule has 0 saturated heterocycles. The van der Waals surface area contributed by atoms with Crippen LogP contribution in [0.5, 0.6) is 0 Å². The second-order valence-corrected chi connectivity index (χ2v) is 4.91. The van der Waals surface area contributed by atoms with Crippen LogP contribution in [0.1, 0.15) is 0 Å². The first-order valence-electron chi connectivity index (χ1n) is 6.37. The first kappa shape index (κ1) is 27.3. The number of alkyl halides is 15. The highest BCUT2D eigenvalue weighted by Crippen LogP contribution is 2.58. The predicted octanol–water partition coefficient (Wildman–Crippen LogP) is 3.40. The number of carbonyl (C=O) groups is 1. The van der Waals surface area contributed by atoms with E-state index in [0.29, 0.717) is 5.32 Å². The first-order chi connectivity index (χ1) is 12.4. The second-order valence-electron chi connectivity index (χ2n) is 4.91. The summed E-state index contributed by atoms with van der Waals surface area (Å²) in [6.45, 7) is -2.67. The van der Waals surface area contributed by atoms with Crippen LogP contribution in [-0.2, 0) is 9.53 Å². The normalized spacial score (nSPS) is 17.1. The zero-order chi connectivity index (χ0) is 23.9. The van der Waals surface area contributed by atoms with Crippen molar-refractivity contribution in [3.63, 3.8) is 0 Å².